The molecule has 0 radical (unpaired) electrons. The number of hydrogen-bond acceptors (Lipinski definition) is 2. The van der Waals surface area contributed by atoms with Crippen LogP contribution in [0.15, 0.2) is 18.2 Å². The normalized spacial score (nSPS) is 23.3. The fourth-order valence-electron chi connectivity index (χ4n) is 2.98. The average molecular weight is 260 g/mol. The maximum atomic E-state index is 13.3. The van der Waals surface area contributed by atoms with Crippen LogP contribution < -0.4 is 0 Å². The van der Waals surface area contributed by atoms with Gasteiger partial charge in [-0.3, -0.25) is 4.90 Å². The van der Waals surface area contributed by atoms with Gasteiger partial charge < -0.3 is 0 Å². The molecule has 1 aromatic rings. The third-order valence-electron chi connectivity index (χ3n) is 4.12. The van der Waals surface area contributed by atoms with Gasteiger partial charge in [0.2, 0.25) is 0 Å². The van der Waals surface area contributed by atoms with Gasteiger partial charge in [0.25, 0.3) is 0 Å². The summed E-state index contributed by atoms with van der Waals surface area (Å²) in [5.41, 5.74) is 1.15. The van der Waals surface area contributed by atoms with E-state index < -0.39 is 5.82 Å². The van der Waals surface area contributed by atoms with Crippen molar-refractivity contribution in [3.8, 4) is 6.07 Å². The summed E-state index contributed by atoms with van der Waals surface area (Å²) in [4.78, 5) is 2.34. The molecule has 2 rings (SSSR count). The van der Waals surface area contributed by atoms with E-state index in [1.165, 1.54) is 31.7 Å². The molecule has 0 heterocycles. The van der Waals surface area contributed by atoms with Crippen molar-refractivity contribution < 1.29 is 4.39 Å². The number of nitrogens with zero attached hydrogens (tertiary/aromatic N) is 2. The van der Waals surface area contributed by atoms with E-state index in [0.29, 0.717) is 6.04 Å². The molecular weight excluding hydrogens is 239 g/mol. The quantitative estimate of drug-likeness (QED) is 0.828. The Balaban J connectivity index is 2.02. The van der Waals surface area contributed by atoms with E-state index in [0.717, 1.165) is 18.0 Å². The molecule has 0 aromatic heterocycles. The van der Waals surface area contributed by atoms with Crippen LogP contribution in [0.4, 0.5) is 4.39 Å². The molecule has 0 bridgehead atoms. The number of hydrogen-bond donors (Lipinski definition) is 0. The number of nitriles is 1. The second-order valence-electron chi connectivity index (χ2n) is 5.77. The van der Waals surface area contributed by atoms with Crippen LogP contribution in [0.5, 0.6) is 0 Å². The van der Waals surface area contributed by atoms with Crippen LogP contribution in [0, 0.1) is 23.1 Å². The first-order valence-corrected chi connectivity index (χ1v) is 6.99. The minimum Gasteiger partial charge on any atom is -0.299 e. The van der Waals surface area contributed by atoms with Gasteiger partial charge in [0.15, 0.2) is 0 Å². The maximum absolute atomic E-state index is 13.3. The van der Waals surface area contributed by atoms with Crippen molar-refractivity contribution in [1.82, 2.24) is 4.90 Å². The summed E-state index contributed by atoms with van der Waals surface area (Å²) in [6.07, 6.45) is 5.11. The number of rotatable bonds is 3. The minimum absolute atomic E-state index is 0.142. The van der Waals surface area contributed by atoms with E-state index in [2.05, 4.69) is 18.9 Å². The molecule has 2 unspecified atom stereocenters. The van der Waals surface area contributed by atoms with Crippen molar-refractivity contribution in [2.75, 3.05) is 7.05 Å². The van der Waals surface area contributed by atoms with Gasteiger partial charge in [-0.25, -0.2) is 4.39 Å². The maximum Gasteiger partial charge on any atom is 0.140 e. The zero-order chi connectivity index (χ0) is 13.8. The third kappa shape index (κ3) is 3.54. The highest BCUT2D eigenvalue weighted by atomic mass is 19.1. The van der Waals surface area contributed by atoms with Crippen LogP contribution >= 0.6 is 0 Å². The number of halogens is 1. The Kier molecular flexibility index (Phi) is 4.55. The molecule has 3 heteroatoms. The van der Waals surface area contributed by atoms with Crippen LogP contribution in [-0.4, -0.2) is 18.0 Å². The lowest BCUT2D eigenvalue weighted by Gasteiger charge is -2.34. The highest BCUT2D eigenvalue weighted by molar-refractivity contribution is 5.34. The van der Waals surface area contributed by atoms with Gasteiger partial charge in [-0.1, -0.05) is 25.8 Å². The topological polar surface area (TPSA) is 27.0 Å². The summed E-state index contributed by atoms with van der Waals surface area (Å²) in [7, 11) is 2.12. The SMILES string of the molecule is CC1CCCC(N(C)Cc2ccc(F)c(C#N)c2)C1. The van der Waals surface area contributed by atoms with Crippen molar-refractivity contribution in [2.24, 2.45) is 5.92 Å². The minimum atomic E-state index is -0.430. The van der Waals surface area contributed by atoms with Crippen molar-refractivity contribution >= 4 is 0 Å². The van der Waals surface area contributed by atoms with Crippen LogP contribution in [0.25, 0.3) is 0 Å². The summed E-state index contributed by atoms with van der Waals surface area (Å²) < 4.78 is 13.3. The van der Waals surface area contributed by atoms with Gasteiger partial charge in [0.05, 0.1) is 5.56 Å². The van der Waals surface area contributed by atoms with E-state index >= 15 is 0 Å². The molecule has 0 saturated heterocycles. The predicted octanol–water partition coefficient (Wildman–Crippen LogP) is 3.71. The van der Waals surface area contributed by atoms with E-state index in [9.17, 15) is 4.39 Å². The zero-order valence-corrected chi connectivity index (χ0v) is 11.7. The van der Waals surface area contributed by atoms with E-state index in [1.807, 2.05) is 6.07 Å². The summed E-state index contributed by atoms with van der Waals surface area (Å²) in [6.45, 7) is 3.10. The molecule has 0 spiro atoms. The lowest BCUT2D eigenvalue weighted by Crippen LogP contribution is -2.35. The molecule has 2 atom stereocenters. The molecule has 102 valence electrons. The molecular formula is C16H21FN2. The Bertz CT molecular complexity index is 478. The van der Waals surface area contributed by atoms with Crippen molar-refractivity contribution in [2.45, 2.75) is 45.2 Å². The lowest BCUT2D eigenvalue weighted by atomic mass is 9.86. The van der Waals surface area contributed by atoms with Crippen molar-refractivity contribution in [3.63, 3.8) is 0 Å². The van der Waals surface area contributed by atoms with Crippen molar-refractivity contribution in [3.05, 3.63) is 35.1 Å². The first-order chi connectivity index (χ1) is 9.10. The standard InChI is InChI=1S/C16H21FN2/c1-12-4-3-5-15(8-12)19(2)11-13-6-7-16(17)14(9-13)10-18/h6-7,9,12,15H,3-5,8,11H2,1-2H3. The molecule has 0 aliphatic heterocycles. The monoisotopic (exact) mass is 260 g/mol. The fourth-order valence-corrected chi connectivity index (χ4v) is 2.98. The smallest absolute Gasteiger partial charge is 0.140 e. The second kappa shape index (κ2) is 6.16. The van der Waals surface area contributed by atoms with Crippen LogP contribution in [0.3, 0.4) is 0 Å². The highest BCUT2D eigenvalue weighted by Gasteiger charge is 2.22. The van der Waals surface area contributed by atoms with Gasteiger partial charge in [-0.05, 0) is 43.5 Å². The molecule has 1 aliphatic carbocycles. The van der Waals surface area contributed by atoms with Gasteiger partial charge in [0, 0.05) is 12.6 Å². The Morgan fingerprint density at radius 1 is 1.42 bits per heavy atom. The van der Waals surface area contributed by atoms with E-state index in [1.54, 1.807) is 12.1 Å². The van der Waals surface area contributed by atoms with Gasteiger partial charge in [-0.15, -0.1) is 0 Å². The van der Waals surface area contributed by atoms with E-state index in [4.69, 9.17) is 5.26 Å². The van der Waals surface area contributed by atoms with Crippen molar-refractivity contribution in [1.29, 1.82) is 5.26 Å². The zero-order valence-electron chi connectivity index (χ0n) is 11.7. The van der Waals surface area contributed by atoms with Crippen LogP contribution in [0.1, 0.15) is 43.7 Å². The lowest BCUT2D eigenvalue weighted by molar-refractivity contribution is 0.157. The molecule has 1 aromatic carbocycles. The summed E-state index contributed by atoms with van der Waals surface area (Å²) in [6, 6.07) is 7.35. The Morgan fingerprint density at radius 3 is 2.89 bits per heavy atom. The number of benzene rings is 1. The molecule has 2 nitrogen and oxygen atoms in total. The van der Waals surface area contributed by atoms with Crippen LogP contribution in [-0.2, 0) is 6.54 Å². The first kappa shape index (κ1) is 14.0. The molecule has 1 aliphatic rings. The Labute approximate surface area is 114 Å². The average Bonchev–Trinajstić information content (AvgIpc) is 2.41. The van der Waals surface area contributed by atoms with Gasteiger partial charge in [-0.2, -0.15) is 5.26 Å². The Hall–Kier alpha value is -1.40. The Morgan fingerprint density at radius 2 is 2.21 bits per heavy atom. The largest absolute Gasteiger partial charge is 0.299 e. The molecule has 1 fully saturated rings. The van der Waals surface area contributed by atoms with Gasteiger partial charge in [0.1, 0.15) is 11.9 Å². The highest BCUT2D eigenvalue weighted by Crippen LogP contribution is 2.27. The molecule has 19 heavy (non-hydrogen) atoms. The molecule has 0 N–H and O–H groups in total. The molecule has 1 saturated carbocycles. The summed E-state index contributed by atoms with van der Waals surface area (Å²) >= 11 is 0. The fraction of sp³-hybridized carbons (Fsp3) is 0.562. The van der Waals surface area contributed by atoms with Gasteiger partial charge >= 0.3 is 0 Å². The predicted molar refractivity (Wildman–Crippen MR) is 74.0 cm³/mol. The second-order valence-corrected chi connectivity index (χ2v) is 5.77. The summed E-state index contributed by atoms with van der Waals surface area (Å²) in [5, 5.41) is 8.86. The first-order valence-electron chi connectivity index (χ1n) is 6.99. The van der Waals surface area contributed by atoms with Crippen LogP contribution in [0.2, 0.25) is 0 Å². The molecule has 0 amide bonds. The third-order valence-corrected chi connectivity index (χ3v) is 4.12. The summed E-state index contributed by atoms with van der Waals surface area (Å²) in [5.74, 6) is 0.365. The van der Waals surface area contributed by atoms with E-state index in [-0.39, 0.29) is 5.56 Å².